The molecule has 0 radical (unpaired) electrons. The number of halogens is 3. The van der Waals surface area contributed by atoms with Crippen molar-refractivity contribution in [1.82, 2.24) is 10.2 Å². The molecule has 1 N–H and O–H groups in total. The summed E-state index contributed by atoms with van der Waals surface area (Å²) in [6.45, 7) is -0.536. The molecule has 0 unspecified atom stereocenters. The van der Waals surface area contributed by atoms with Gasteiger partial charge in [0.05, 0.1) is 11.9 Å². The van der Waals surface area contributed by atoms with E-state index in [4.69, 9.17) is 23.2 Å². The highest BCUT2D eigenvalue weighted by Gasteiger charge is 2.33. The number of nitrogens with zero attached hydrogens (tertiary/aromatic N) is 2. The first kappa shape index (κ1) is 29.0. The van der Waals surface area contributed by atoms with Crippen molar-refractivity contribution in [1.29, 1.82) is 0 Å². The lowest BCUT2D eigenvalue weighted by Crippen LogP contribution is -2.52. The Kier molecular flexibility index (Phi) is 10.0. The Morgan fingerprint density at radius 1 is 1.00 bits per heavy atom. The number of carbonyl (C=O) groups excluding carboxylic acids is 2. The van der Waals surface area contributed by atoms with Crippen LogP contribution in [0.25, 0.3) is 0 Å². The molecule has 196 valence electrons. The number of sulfonamides is 1. The van der Waals surface area contributed by atoms with E-state index in [9.17, 15) is 18.0 Å². The summed E-state index contributed by atoms with van der Waals surface area (Å²) in [7, 11) is -2.34. The average molecular weight is 627 g/mol. The highest BCUT2D eigenvalue weighted by molar-refractivity contribution is 9.10. The smallest absolute Gasteiger partial charge is 0.244 e. The maximum Gasteiger partial charge on any atom is 0.244 e. The van der Waals surface area contributed by atoms with Gasteiger partial charge in [-0.25, -0.2) is 8.42 Å². The number of benzene rings is 3. The van der Waals surface area contributed by atoms with Crippen LogP contribution in [-0.4, -0.2) is 51.0 Å². The lowest BCUT2D eigenvalue weighted by molar-refractivity contribution is -0.139. The largest absolute Gasteiger partial charge is 0.357 e. The number of hydrogen-bond acceptors (Lipinski definition) is 4. The van der Waals surface area contributed by atoms with Gasteiger partial charge >= 0.3 is 0 Å². The van der Waals surface area contributed by atoms with Gasteiger partial charge in [0.15, 0.2) is 0 Å². The highest BCUT2D eigenvalue weighted by Crippen LogP contribution is 2.25. The summed E-state index contributed by atoms with van der Waals surface area (Å²) in [5.41, 5.74) is 1.72. The van der Waals surface area contributed by atoms with Gasteiger partial charge in [-0.1, -0.05) is 75.5 Å². The predicted octanol–water partition coefficient (Wildman–Crippen LogP) is 4.91. The monoisotopic (exact) mass is 625 g/mol. The van der Waals surface area contributed by atoms with Gasteiger partial charge in [-0.15, -0.1) is 0 Å². The molecule has 37 heavy (non-hydrogen) atoms. The van der Waals surface area contributed by atoms with Crippen LogP contribution in [0.4, 0.5) is 5.69 Å². The maximum absolute atomic E-state index is 13.8. The first-order valence-electron chi connectivity index (χ1n) is 11.2. The van der Waals surface area contributed by atoms with Gasteiger partial charge in [0.25, 0.3) is 0 Å². The van der Waals surface area contributed by atoms with E-state index in [2.05, 4.69) is 21.2 Å². The summed E-state index contributed by atoms with van der Waals surface area (Å²) in [4.78, 5) is 28.3. The van der Waals surface area contributed by atoms with Crippen LogP contribution in [0.5, 0.6) is 0 Å². The van der Waals surface area contributed by atoms with Gasteiger partial charge in [-0.3, -0.25) is 13.9 Å². The molecule has 0 fully saturated rings. The molecule has 0 saturated carbocycles. The number of carbonyl (C=O) groups is 2. The quantitative estimate of drug-likeness (QED) is 0.347. The molecule has 7 nitrogen and oxygen atoms in total. The van der Waals surface area contributed by atoms with E-state index in [1.165, 1.54) is 11.9 Å². The van der Waals surface area contributed by atoms with Crippen molar-refractivity contribution in [3.63, 3.8) is 0 Å². The van der Waals surface area contributed by atoms with Crippen LogP contribution in [0.2, 0.25) is 10.0 Å². The minimum atomic E-state index is -3.83. The highest BCUT2D eigenvalue weighted by atomic mass is 79.9. The fourth-order valence-electron chi connectivity index (χ4n) is 3.78. The Bertz CT molecular complexity index is 1360. The second kappa shape index (κ2) is 12.8. The average Bonchev–Trinajstić information content (AvgIpc) is 2.86. The minimum absolute atomic E-state index is 0.0301. The fraction of sp³-hybridized carbons (Fsp3) is 0.231. The third-order valence-corrected chi connectivity index (χ3v) is 7.92. The Hall–Kier alpha value is -2.59. The third kappa shape index (κ3) is 7.95. The van der Waals surface area contributed by atoms with E-state index in [-0.39, 0.29) is 13.0 Å². The second-order valence-corrected chi connectivity index (χ2v) is 12.0. The minimum Gasteiger partial charge on any atom is -0.357 e. The fourth-order valence-corrected chi connectivity index (χ4v) is 5.36. The zero-order chi connectivity index (χ0) is 27.2. The van der Waals surface area contributed by atoms with Crippen LogP contribution in [0.1, 0.15) is 11.1 Å². The summed E-state index contributed by atoms with van der Waals surface area (Å²) in [5, 5.41) is 3.38. The molecule has 0 spiro atoms. The van der Waals surface area contributed by atoms with E-state index < -0.39 is 34.4 Å². The zero-order valence-corrected chi connectivity index (χ0v) is 24.1. The van der Waals surface area contributed by atoms with Crippen LogP contribution in [0.15, 0.2) is 77.3 Å². The van der Waals surface area contributed by atoms with E-state index in [1.807, 2.05) is 30.3 Å². The Morgan fingerprint density at radius 3 is 2.22 bits per heavy atom. The molecule has 0 aromatic heterocycles. The lowest BCUT2D eigenvalue weighted by Gasteiger charge is -2.33. The van der Waals surface area contributed by atoms with E-state index >= 15 is 0 Å². The zero-order valence-electron chi connectivity index (χ0n) is 20.2. The third-order valence-electron chi connectivity index (χ3n) is 5.67. The van der Waals surface area contributed by atoms with Gasteiger partial charge < -0.3 is 10.2 Å². The number of likely N-dealkylation sites (N-methyl/N-ethyl adjacent to an activating group) is 1. The molecule has 3 aromatic carbocycles. The van der Waals surface area contributed by atoms with E-state index in [1.54, 1.807) is 42.5 Å². The van der Waals surface area contributed by atoms with Gasteiger partial charge in [0, 0.05) is 34.5 Å². The van der Waals surface area contributed by atoms with Crippen molar-refractivity contribution in [2.24, 2.45) is 0 Å². The van der Waals surface area contributed by atoms with Crippen molar-refractivity contribution in [3.05, 3.63) is 98.4 Å². The number of amides is 2. The SMILES string of the molecule is CNC(=O)[C@H](Cc1ccccc1)N(Cc1ccc(Cl)cc1Cl)C(=O)CN(c1ccc(Br)cc1)S(C)(=O)=O. The first-order valence-corrected chi connectivity index (χ1v) is 14.6. The van der Waals surface area contributed by atoms with Crippen LogP contribution in [-0.2, 0) is 32.6 Å². The maximum atomic E-state index is 13.8. The number of hydrogen-bond donors (Lipinski definition) is 1. The molecule has 0 heterocycles. The van der Waals surface area contributed by atoms with Crippen LogP contribution < -0.4 is 9.62 Å². The van der Waals surface area contributed by atoms with E-state index in [0.717, 1.165) is 20.6 Å². The Labute approximate surface area is 235 Å². The molecule has 0 aliphatic heterocycles. The van der Waals surface area contributed by atoms with Crippen LogP contribution in [0, 0.1) is 0 Å². The summed E-state index contributed by atoms with van der Waals surface area (Å²) >= 11 is 15.8. The summed E-state index contributed by atoms with van der Waals surface area (Å²) in [5.74, 6) is -0.958. The topological polar surface area (TPSA) is 86.8 Å². The van der Waals surface area contributed by atoms with Crippen molar-refractivity contribution in [2.45, 2.75) is 19.0 Å². The van der Waals surface area contributed by atoms with Crippen molar-refractivity contribution in [3.8, 4) is 0 Å². The number of nitrogens with one attached hydrogen (secondary N) is 1. The van der Waals surface area contributed by atoms with Crippen molar-refractivity contribution < 1.29 is 18.0 Å². The molecule has 0 saturated heterocycles. The molecule has 3 rings (SSSR count). The van der Waals surface area contributed by atoms with E-state index in [0.29, 0.717) is 21.3 Å². The molecule has 2 amide bonds. The molecule has 0 aliphatic carbocycles. The molecular formula is C26H26BrCl2N3O4S. The molecule has 3 aromatic rings. The van der Waals surface area contributed by atoms with Crippen molar-refractivity contribution in [2.75, 3.05) is 24.2 Å². The Balaban J connectivity index is 2.04. The van der Waals surface area contributed by atoms with Crippen molar-refractivity contribution >= 4 is 66.7 Å². The molecule has 0 bridgehead atoms. The Morgan fingerprint density at radius 2 is 1.65 bits per heavy atom. The van der Waals surface area contributed by atoms with Crippen LogP contribution >= 0.6 is 39.1 Å². The predicted molar refractivity (Wildman–Crippen MR) is 151 cm³/mol. The van der Waals surface area contributed by atoms with Gasteiger partial charge in [0.2, 0.25) is 21.8 Å². The first-order chi connectivity index (χ1) is 17.5. The summed E-state index contributed by atoms with van der Waals surface area (Å²) in [6, 6.07) is 19.8. The van der Waals surface area contributed by atoms with Crippen LogP contribution in [0.3, 0.4) is 0 Å². The second-order valence-electron chi connectivity index (χ2n) is 8.32. The normalized spacial score (nSPS) is 12.0. The number of rotatable bonds is 10. The standard InChI is InChI=1S/C26H26BrCl2N3O4S/c1-30-26(34)24(14-18-6-4-3-5-7-18)31(16-19-8-11-21(28)15-23(19)29)25(33)17-32(37(2,35)36)22-12-9-20(27)10-13-22/h3-13,15,24H,14,16-17H2,1-2H3,(H,30,34)/t24-/m0/s1. The molecule has 1 atom stereocenters. The molecule has 0 aliphatic rings. The summed E-state index contributed by atoms with van der Waals surface area (Å²) < 4.78 is 27.2. The molecular weight excluding hydrogens is 601 g/mol. The lowest BCUT2D eigenvalue weighted by atomic mass is 10.0. The van der Waals surface area contributed by atoms with Gasteiger partial charge in [-0.05, 0) is 47.5 Å². The summed E-state index contributed by atoms with van der Waals surface area (Å²) in [6.07, 6.45) is 1.25. The van der Waals surface area contributed by atoms with Gasteiger partial charge in [0.1, 0.15) is 12.6 Å². The molecule has 11 heteroatoms. The number of anilines is 1. The van der Waals surface area contributed by atoms with Gasteiger partial charge in [-0.2, -0.15) is 0 Å².